The average Bonchev–Trinajstić information content (AvgIpc) is 3.08. The van der Waals surface area contributed by atoms with E-state index in [0.29, 0.717) is 11.3 Å². The Morgan fingerprint density at radius 3 is 2.68 bits per heavy atom. The van der Waals surface area contributed by atoms with Crippen LogP contribution in [0.25, 0.3) is 10.2 Å². The molecule has 0 bridgehead atoms. The molecule has 0 fully saturated rings. The van der Waals surface area contributed by atoms with E-state index in [0.717, 1.165) is 28.1 Å². The van der Waals surface area contributed by atoms with Crippen molar-refractivity contribution in [2.75, 3.05) is 5.32 Å². The van der Waals surface area contributed by atoms with Crippen molar-refractivity contribution in [1.82, 2.24) is 9.97 Å². The number of aryl methyl sites for hydroxylation is 2. The van der Waals surface area contributed by atoms with Gasteiger partial charge in [0, 0.05) is 21.5 Å². The molecule has 3 aromatic rings. The lowest BCUT2D eigenvalue weighted by molar-refractivity contribution is -0.115. The predicted octanol–water partition coefficient (Wildman–Crippen LogP) is 3.79. The molecule has 8 heteroatoms. The number of primary amides is 1. The summed E-state index contributed by atoms with van der Waals surface area (Å²) in [4.78, 5) is 35.1. The van der Waals surface area contributed by atoms with Crippen LogP contribution in [0.1, 0.15) is 40.6 Å². The van der Waals surface area contributed by atoms with Gasteiger partial charge in [-0.1, -0.05) is 11.8 Å². The summed E-state index contributed by atoms with van der Waals surface area (Å²) in [6.45, 7) is 1.87. The van der Waals surface area contributed by atoms with Gasteiger partial charge in [-0.05, 0) is 62.4 Å². The first-order valence-corrected chi connectivity index (χ1v) is 10.8. The van der Waals surface area contributed by atoms with E-state index < -0.39 is 5.91 Å². The van der Waals surface area contributed by atoms with Gasteiger partial charge in [-0.15, -0.1) is 11.3 Å². The second kappa shape index (κ2) is 7.89. The molecule has 0 spiro atoms. The highest BCUT2D eigenvalue weighted by Crippen LogP contribution is 2.40. The second-order valence-corrected chi connectivity index (χ2v) is 9.17. The van der Waals surface area contributed by atoms with Crippen LogP contribution in [-0.4, -0.2) is 27.0 Å². The summed E-state index contributed by atoms with van der Waals surface area (Å²) in [7, 11) is 0. The highest BCUT2D eigenvalue weighted by Gasteiger charge is 2.23. The SMILES string of the molecule is C[C@@H](Sc1ncnc2sc3c(c12)CCCC3)C(=O)Nc1ccc(C(N)=O)cc1. The maximum absolute atomic E-state index is 12.6. The molecular formula is C20H20N4O2S2. The van der Waals surface area contributed by atoms with Gasteiger partial charge < -0.3 is 11.1 Å². The van der Waals surface area contributed by atoms with Crippen molar-refractivity contribution in [3.05, 3.63) is 46.6 Å². The summed E-state index contributed by atoms with van der Waals surface area (Å²) in [6.07, 6.45) is 6.17. The zero-order valence-corrected chi connectivity index (χ0v) is 17.0. The molecule has 144 valence electrons. The molecule has 0 unspecified atom stereocenters. The molecule has 0 saturated heterocycles. The fourth-order valence-corrected chi connectivity index (χ4v) is 5.57. The lowest BCUT2D eigenvalue weighted by atomic mass is 9.97. The molecule has 1 atom stereocenters. The molecule has 28 heavy (non-hydrogen) atoms. The minimum Gasteiger partial charge on any atom is -0.366 e. The molecule has 2 heterocycles. The number of thiophene rings is 1. The van der Waals surface area contributed by atoms with Gasteiger partial charge in [0.15, 0.2) is 0 Å². The Labute approximate surface area is 170 Å². The number of fused-ring (bicyclic) bond motifs is 3. The van der Waals surface area contributed by atoms with Gasteiger partial charge in [-0.25, -0.2) is 9.97 Å². The van der Waals surface area contributed by atoms with Crippen LogP contribution in [0.3, 0.4) is 0 Å². The van der Waals surface area contributed by atoms with E-state index in [1.165, 1.54) is 35.0 Å². The van der Waals surface area contributed by atoms with E-state index in [4.69, 9.17) is 5.73 Å². The van der Waals surface area contributed by atoms with E-state index in [1.807, 2.05) is 6.92 Å². The summed E-state index contributed by atoms with van der Waals surface area (Å²) in [5.74, 6) is -0.610. The third kappa shape index (κ3) is 3.74. The molecule has 2 aromatic heterocycles. The maximum Gasteiger partial charge on any atom is 0.248 e. The van der Waals surface area contributed by atoms with E-state index in [9.17, 15) is 9.59 Å². The largest absolute Gasteiger partial charge is 0.366 e. The van der Waals surface area contributed by atoms with E-state index in [1.54, 1.807) is 41.9 Å². The van der Waals surface area contributed by atoms with Crippen molar-refractivity contribution >= 4 is 50.8 Å². The first kappa shape index (κ1) is 18.9. The number of nitrogens with two attached hydrogens (primary N) is 1. The molecule has 0 aliphatic heterocycles. The van der Waals surface area contributed by atoms with Crippen LogP contribution < -0.4 is 11.1 Å². The quantitative estimate of drug-likeness (QED) is 0.491. The average molecular weight is 413 g/mol. The molecule has 6 nitrogen and oxygen atoms in total. The highest BCUT2D eigenvalue weighted by molar-refractivity contribution is 8.00. The summed E-state index contributed by atoms with van der Waals surface area (Å²) in [6, 6.07) is 6.55. The van der Waals surface area contributed by atoms with Crippen molar-refractivity contribution in [2.45, 2.75) is 42.9 Å². The summed E-state index contributed by atoms with van der Waals surface area (Å²) < 4.78 is 0. The third-order valence-electron chi connectivity index (χ3n) is 4.81. The number of amides is 2. The van der Waals surface area contributed by atoms with Gasteiger partial charge in [0.25, 0.3) is 0 Å². The van der Waals surface area contributed by atoms with Crippen LogP contribution >= 0.6 is 23.1 Å². The normalized spacial score (nSPS) is 14.5. The number of thioether (sulfide) groups is 1. The van der Waals surface area contributed by atoms with E-state index in [-0.39, 0.29) is 11.2 Å². The maximum atomic E-state index is 12.6. The number of hydrogen-bond acceptors (Lipinski definition) is 6. The van der Waals surface area contributed by atoms with Gasteiger partial charge in [0.1, 0.15) is 16.2 Å². The fraction of sp³-hybridized carbons (Fsp3) is 0.300. The van der Waals surface area contributed by atoms with Crippen LogP contribution in [0.15, 0.2) is 35.6 Å². The molecular weight excluding hydrogens is 392 g/mol. The van der Waals surface area contributed by atoms with Crippen LogP contribution in [-0.2, 0) is 17.6 Å². The van der Waals surface area contributed by atoms with Crippen LogP contribution in [0, 0.1) is 0 Å². The smallest absolute Gasteiger partial charge is 0.248 e. The number of benzene rings is 1. The number of nitrogens with zero attached hydrogens (tertiary/aromatic N) is 2. The summed E-state index contributed by atoms with van der Waals surface area (Å²) >= 11 is 3.21. The molecule has 1 aliphatic rings. The Morgan fingerprint density at radius 1 is 1.18 bits per heavy atom. The van der Waals surface area contributed by atoms with Crippen molar-refractivity contribution in [3.63, 3.8) is 0 Å². The first-order valence-electron chi connectivity index (χ1n) is 9.15. The van der Waals surface area contributed by atoms with Gasteiger partial charge in [0.05, 0.1) is 5.25 Å². The van der Waals surface area contributed by atoms with Crippen molar-refractivity contribution in [1.29, 1.82) is 0 Å². The predicted molar refractivity (Wildman–Crippen MR) is 113 cm³/mol. The third-order valence-corrected chi connectivity index (χ3v) is 7.11. The Morgan fingerprint density at radius 2 is 1.93 bits per heavy atom. The number of aromatic nitrogens is 2. The molecule has 1 aromatic carbocycles. The lowest BCUT2D eigenvalue weighted by Crippen LogP contribution is -2.22. The van der Waals surface area contributed by atoms with Crippen molar-refractivity contribution in [3.8, 4) is 0 Å². The number of hydrogen-bond donors (Lipinski definition) is 2. The molecule has 0 radical (unpaired) electrons. The summed E-state index contributed by atoms with van der Waals surface area (Å²) in [5.41, 5.74) is 7.64. The Kier molecular flexibility index (Phi) is 5.32. The number of nitrogens with one attached hydrogen (secondary N) is 1. The number of carbonyl (C=O) groups is 2. The Balaban J connectivity index is 1.51. The molecule has 1 aliphatic carbocycles. The number of rotatable bonds is 5. The zero-order valence-electron chi connectivity index (χ0n) is 15.4. The Hall–Kier alpha value is -2.45. The minimum absolute atomic E-state index is 0.118. The van der Waals surface area contributed by atoms with Crippen LogP contribution in [0.2, 0.25) is 0 Å². The van der Waals surface area contributed by atoms with E-state index in [2.05, 4.69) is 15.3 Å². The van der Waals surface area contributed by atoms with E-state index >= 15 is 0 Å². The fourth-order valence-electron chi connectivity index (χ4n) is 3.33. The van der Waals surface area contributed by atoms with Crippen molar-refractivity contribution < 1.29 is 9.59 Å². The second-order valence-electron chi connectivity index (χ2n) is 6.76. The van der Waals surface area contributed by atoms with Crippen LogP contribution in [0.5, 0.6) is 0 Å². The molecule has 0 saturated carbocycles. The van der Waals surface area contributed by atoms with Gasteiger partial charge in [-0.3, -0.25) is 9.59 Å². The topological polar surface area (TPSA) is 98.0 Å². The monoisotopic (exact) mass is 412 g/mol. The van der Waals surface area contributed by atoms with Gasteiger partial charge in [0.2, 0.25) is 11.8 Å². The minimum atomic E-state index is -0.492. The number of carbonyl (C=O) groups excluding carboxylic acids is 2. The standard InChI is InChI=1S/C20H20N4O2S2/c1-11(18(26)24-13-8-6-12(7-9-13)17(21)25)27-19-16-14-4-2-3-5-15(14)28-20(16)23-10-22-19/h6-11H,2-5H2,1H3,(H2,21,25)(H,24,26)/t11-/m1/s1. The highest BCUT2D eigenvalue weighted by atomic mass is 32.2. The summed E-state index contributed by atoms with van der Waals surface area (Å²) in [5, 5.41) is 4.55. The number of anilines is 1. The van der Waals surface area contributed by atoms with Gasteiger partial charge in [-0.2, -0.15) is 0 Å². The van der Waals surface area contributed by atoms with Crippen LogP contribution in [0.4, 0.5) is 5.69 Å². The Bertz CT molecular complexity index is 1050. The molecule has 3 N–H and O–H groups in total. The first-order chi connectivity index (χ1) is 13.5. The van der Waals surface area contributed by atoms with Crippen molar-refractivity contribution in [2.24, 2.45) is 5.73 Å². The zero-order chi connectivity index (χ0) is 19.7. The molecule has 2 amide bonds. The molecule has 4 rings (SSSR count). The van der Waals surface area contributed by atoms with Gasteiger partial charge >= 0.3 is 0 Å². The lowest BCUT2D eigenvalue weighted by Gasteiger charge is -2.14.